The van der Waals surface area contributed by atoms with E-state index in [9.17, 15) is 0 Å². The van der Waals surface area contributed by atoms with Gasteiger partial charge in [-0.05, 0) is 11.0 Å². The van der Waals surface area contributed by atoms with Gasteiger partial charge in [-0.2, -0.15) is 0 Å². The molecule has 0 aromatic heterocycles. The van der Waals surface area contributed by atoms with Gasteiger partial charge in [-0.25, -0.2) is 0 Å². The van der Waals surface area contributed by atoms with Crippen molar-refractivity contribution in [2.75, 3.05) is 0 Å². The van der Waals surface area contributed by atoms with E-state index in [0.29, 0.717) is 0 Å². The summed E-state index contributed by atoms with van der Waals surface area (Å²) in [5, 5.41) is 1.55. The average Bonchev–Trinajstić information content (AvgIpc) is 2.01. The van der Waals surface area contributed by atoms with Crippen LogP contribution in [-0.4, -0.2) is 8.07 Å². The molecule has 0 atom stereocenters. The first-order chi connectivity index (χ1) is 6.21. The second-order valence-corrected chi connectivity index (χ2v) is 11.2. The van der Waals surface area contributed by atoms with Crippen LogP contribution in [0.15, 0.2) is 24.3 Å². The maximum Gasteiger partial charge on any atom is 0.0775 e. The van der Waals surface area contributed by atoms with Crippen molar-refractivity contribution in [2.45, 2.75) is 45.8 Å². The van der Waals surface area contributed by atoms with Crippen LogP contribution in [0, 0.1) is 0 Å². The lowest BCUT2D eigenvalue weighted by atomic mass is 9.87. The molecule has 0 aliphatic heterocycles. The summed E-state index contributed by atoms with van der Waals surface area (Å²) < 4.78 is 0. The van der Waals surface area contributed by atoms with Gasteiger partial charge in [-0.3, -0.25) is 0 Å². The van der Waals surface area contributed by atoms with E-state index in [1.807, 2.05) is 0 Å². The fourth-order valence-electron chi connectivity index (χ4n) is 1.47. The second-order valence-electron chi connectivity index (χ2n) is 6.08. The van der Waals surface area contributed by atoms with Crippen LogP contribution in [0.3, 0.4) is 0 Å². The van der Waals surface area contributed by atoms with Gasteiger partial charge in [0.05, 0.1) is 8.07 Å². The molecule has 0 radical (unpaired) electrons. The fourth-order valence-corrected chi connectivity index (χ4v) is 2.64. The molecule has 0 aliphatic carbocycles. The molecule has 0 aliphatic rings. The van der Waals surface area contributed by atoms with E-state index >= 15 is 0 Å². The molecule has 0 spiro atoms. The fraction of sp³-hybridized carbons (Fsp3) is 0.538. The SMILES string of the molecule is CC(C)(C)c1ccc([Si](C)(C)C)cc1. The number of benzene rings is 1. The summed E-state index contributed by atoms with van der Waals surface area (Å²) in [6.07, 6.45) is 0. The Morgan fingerprint density at radius 1 is 0.857 bits per heavy atom. The molecule has 0 saturated carbocycles. The van der Waals surface area contributed by atoms with Gasteiger partial charge in [0.15, 0.2) is 0 Å². The largest absolute Gasteiger partial charge is 0.0775 e. The highest BCUT2D eigenvalue weighted by atomic mass is 28.3. The molecular formula is C13H22Si. The molecule has 0 bridgehead atoms. The lowest BCUT2D eigenvalue weighted by Crippen LogP contribution is -2.37. The summed E-state index contributed by atoms with van der Waals surface area (Å²) in [5.74, 6) is 0. The topological polar surface area (TPSA) is 0 Å². The Morgan fingerprint density at radius 3 is 1.57 bits per heavy atom. The van der Waals surface area contributed by atoms with Gasteiger partial charge in [0.25, 0.3) is 0 Å². The Balaban J connectivity index is 3.02. The summed E-state index contributed by atoms with van der Waals surface area (Å²) in [7, 11) is -1.12. The monoisotopic (exact) mass is 206 g/mol. The van der Waals surface area contributed by atoms with Crippen molar-refractivity contribution in [3.63, 3.8) is 0 Å². The van der Waals surface area contributed by atoms with Crippen molar-refractivity contribution >= 4 is 13.3 Å². The minimum absolute atomic E-state index is 0.276. The van der Waals surface area contributed by atoms with Crippen LogP contribution in [0.5, 0.6) is 0 Å². The van der Waals surface area contributed by atoms with Crippen LogP contribution in [0.25, 0.3) is 0 Å². The molecule has 0 saturated heterocycles. The zero-order chi connectivity index (χ0) is 11.0. The predicted molar refractivity (Wildman–Crippen MR) is 68.1 cm³/mol. The van der Waals surface area contributed by atoms with Crippen LogP contribution < -0.4 is 5.19 Å². The van der Waals surface area contributed by atoms with Crippen molar-refractivity contribution in [1.82, 2.24) is 0 Å². The van der Waals surface area contributed by atoms with E-state index in [-0.39, 0.29) is 5.41 Å². The maximum absolute atomic E-state index is 2.39. The van der Waals surface area contributed by atoms with E-state index in [1.54, 1.807) is 5.19 Å². The zero-order valence-corrected chi connectivity index (χ0v) is 11.3. The van der Waals surface area contributed by atoms with Crippen LogP contribution >= 0.6 is 0 Å². The molecule has 78 valence electrons. The van der Waals surface area contributed by atoms with E-state index in [1.165, 1.54) is 5.56 Å². The van der Waals surface area contributed by atoms with Gasteiger partial charge in [-0.15, -0.1) is 0 Å². The van der Waals surface area contributed by atoms with Crippen molar-refractivity contribution in [1.29, 1.82) is 0 Å². The smallest absolute Gasteiger partial charge is 0.0656 e. The summed E-state index contributed by atoms with van der Waals surface area (Å²) in [4.78, 5) is 0. The third-order valence-corrected chi connectivity index (χ3v) is 4.68. The summed E-state index contributed by atoms with van der Waals surface area (Å²) in [6, 6.07) is 9.20. The first kappa shape index (κ1) is 11.5. The van der Waals surface area contributed by atoms with Crippen molar-refractivity contribution in [3.8, 4) is 0 Å². The van der Waals surface area contributed by atoms with Gasteiger partial charge in [0.1, 0.15) is 0 Å². The minimum atomic E-state index is -1.12. The lowest BCUT2D eigenvalue weighted by Gasteiger charge is -2.22. The molecular weight excluding hydrogens is 184 g/mol. The zero-order valence-electron chi connectivity index (χ0n) is 10.3. The quantitative estimate of drug-likeness (QED) is 0.617. The van der Waals surface area contributed by atoms with Crippen LogP contribution in [0.4, 0.5) is 0 Å². The van der Waals surface area contributed by atoms with E-state index in [4.69, 9.17) is 0 Å². The van der Waals surface area contributed by atoms with E-state index in [2.05, 4.69) is 64.7 Å². The van der Waals surface area contributed by atoms with Crippen molar-refractivity contribution < 1.29 is 0 Å². The molecule has 0 N–H and O–H groups in total. The van der Waals surface area contributed by atoms with Crippen molar-refractivity contribution in [3.05, 3.63) is 29.8 Å². The van der Waals surface area contributed by atoms with Gasteiger partial charge in [0.2, 0.25) is 0 Å². The Labute approximate surface area is 89.4 Å². The van der Waals surface area contributed by atoms with Crippen LogP contribution in [-0.2, 0) is 5.41 Å². The molecule has 0 amide bonds. The van der Waals surface area contributed by atoms with Crippen LogP contribution in [0.2, 0.25) is 19.6 Å². The molecule has 0 nitrogen and oxygen atoms in total. The Bertz CT molecular complexity index is 262. The minimum Gasteiger partial charge on any atom is -0.0656 e. The molecule has 1 heteroatoms. The number of hydrogen-bond donors (Lipinski definition) is 0. The Hall–Kier alpha value is -0.563. The Morgan fingerprint density at radius 2 is 1.29 bits per heavy atom. The first-order valence-corrected chi connectivity index (χ1v) is 8.82. The van der Waals surface area contributed by atoms with Crippen molar-refractivity contribution in [2.24, 2.45) is 0 Å². The second kappa shape index (κ2) is 3.54. The van der Waals surface area contributed by atoms with Crippen LogP contribution in [0.1, 0.15) is 26.3 Å². The highest BCUT2D eigenvalue weighted by Gasteiger charge is 2.18. The third-order valence-electron chi connectivity index (χ3n) is 2.62. The standard InChI is InChI=1S/C13H22Si/c1-13(2,3)11-7-9-12(10-8-11)14(4,5)6/h7-10H,1-6H3. The number of hydrogen-bond acceptors (Lipinski definition) is 0. The van der Waals surface area contributed by atoms with Gasteiger partial charge in [-0.1, -0.05) is 69.9 Å². The first-order valence-electron chi connectivity index (χ1n) is 5.32. The van der Waals surface area contributed by atoms with E-state index < -0.39 is 8.07 Å². The highest BCUT2D eigenvalue weighted by molar-refractivity contribution is 6.88. The molecule has 14 heavy (non-hydrogen) atoms. The molecule has 1 rings (SSSR count). The highest BCUT2D eigenvalue weighted by Crippen LogP contribution is 2.21. The maximum atomic E-state index is 2.39. The molecule has 0 unspecified atom stereocenters. The van der Waals surface area contributed by atoms with E-state index in [0.717, 1.165) is 0 Å². The predicted octanol–water partition coefficient (Wildman–Crippen LogP) is 3.53. The normalized spacial score (nSPS) is 13.0. The third kappa shape index (κ3) is 2.71. The summed E-state index contributed by atoms with van der Waals surface area (Å²) in [6.45, 7) is 13.9. The summed E-state index contributed by atoms with van der Waals surface area (Å²) >= 11 is 0. The molecule has 0 heterocycles. The Kier molecular flexibility index (Phi) is 2.91. The molecule has 1 aromatic carbocycles. The molecule has 1 aromatic rings. The lowest BCUT2D eigenvalue weighted by molar-refractivity contribution is 0.590. The molecule has 0 fully saturated rings. The van der Waals surface area contributed by atoms with Gasteiger partial charge in [0, 0.05) is 0 Å². The summed E-state index contributed by atoms with van der Waals surface area (Å²) in [5.41, 5.74) is 1.71. The number of rotatable bonds is 1. The van der Waals surface area contributed by atoms with Gasteiger partial charge >= 0.3 is 0 Å². The average molecular weight is 206 g/mol. The van der Waals surface area contributed by atoms with Gasteiger partial charge < -0.3 is 0 Å².